The number of likely N-dealkylation sites (N-methyl/N-ethyl adjacent to an activating group) is 1. The second kappa shape index (κ2) is 7.14. The van der Waals surface area contributed by atoms with Gasteiger partial charge in [0.1, 0.15) is 0 Å². The summed E-state index contributed by atoms with van der Waals surface area (Å²) in [5.74, 6) is 0.115. The Kier molecular flexibility index (Phi) is 4.93. The maximum absolute atomic E-state index is 12.4. The summed E-state index contributed by atoms with van der Waals surface area (Å²) in [7, 11) is 2.20. The molecule has 2 aliphatic carbocycles. The number of amides is 1. The quantitative estimate of drug-likeness (QED) is 0.858. The van der Waals surface area contributed by atoms with Gasteiger partial charge in [0.05, 0.1) is 4.88 Å². The van der Waals surface area contributed by atoms with Gasteiger partial charge < -0.3 is 10.2 Å². The molecule has 0 radical (unpaired) electrons. The third-order valence-corrected chi connectivity index (χ3v) is 7.01. The molecule has 2 fully saturated rings. The minimum absolute atomic E-state index is 0.115. The average molecular weight is 348 g/mol. The molecule has 3 aliphatic rings. The van der Waals surface area contributed by atoms with E-state index in [2.05, 4.69) is 28.2 Å². The fourth-order valence-corrected chi connectivity index (χ4v) is 5.26. The summed E-state index contributed by atoms with van der Waals surface area (Å²) in [5.41, 5.74) is 1.39. The lowest BCUT2D eigenvalue weighted by Crippen LogP contribution is -2.39. The average Bonchev–Trinajstić information content (AvgIpc) is 3.25. The Morgan fingerprint density at radius 1 is 1.25 bits per heavy atom. The summed E-state index contributed by atoms with van der Waals surface area (Å²) in [4.78, 5) is 19.7. The lowest BCUT2D eigenvalue weighted by atomic mass is 9.94. The van der Waals surface area contributed by atoms with Crippen molar-refractivity contribution < 1.29 is 4.79 Å². The number of rotatable bonds is 6. The topological polar surface area (TPSA) is 35.6 Å². The van der Waals surface area contributed by atoms with Crippen LogP contribution in [0.2, 0.25) is 0 Å². The third kappa shape index (κ3) is 3.68. The molecular formula is C19H29N3OS. The highest BCUT2D eigenvalue weighted by Crippen LogP contribution is 2.38. The monoisotopic (exact) mass is 347 g/mol. The SMILES string of the molecule is CN(CCNC(=O)c1cc2c(s1)CN(C1CC1)C2)C1CCCCC1. The Morgan fingerprint density at radius 2 is 2.04 bits per heavy atom. The van der Waals surface area contributed by atoms with Gasteiger partial charge in [-0.3, -0.25) is 9.69 Å². The Balaban J connectivity index is 1.23. The molecule has 24 heavy (non-hydrogen) atoms. The van der Waals surface area contributed by atoms with E-state index in [1.54, 1.807) is 11.3 Å². The van der Waals surface area contributed by atoms with Crippen LogP contribution in [0.4, 0.5) is 0 Å². The third-order valence-electron chi connectivity index (χ3n) is 5.85. The van der Waals surface area contributed by atoms with Gasteiger partial charge in [-0.1, -0.05) is 19.3 Å². The zero-order valence-electron chi connectivity index (χ0n) is 14.7. The Labute approximate surface area is 149 Å². The molecule has 0 bridgehead atoms. The van der Waals surface area contributed by atoms with E-state index in [0.717, 1.165) is 43.1 Å². The molecule has 1 aromatic heterocycles. The number of hydrogen-bond donors (Lipinski definition) is 1. The first-order chi connectivity index (χ1) is 11.7. The van der Waals surface area contributed by atoms with E-state index >= 15 is 0 Å². The second-order valence-electron chi connectivity index (χ2n) is 7.72. The molecule has 0 atom stereocenters. The highest BCUT2D eigenvalue weighted by molar-refractivity contribution is 7.14. The van der Waals surface area contributed by atoms with E-state index in [4.69, 9.17) is 0 Å². The minimum Gasteiger partial charge on any atom is -0.350 e. The van der Waals surface area contributed by atoms with Crippen molar-refractivity contribution in [3.8, 4) is 0 Å². The standard InChI is InChI=1S/C19H29N3OS/c1-21(15-5-3-2-4-6-15)10-9-20-19(23)17-11-14-12-22(16-7-8-16)13-18(14)24-17/h11,15-16H,2-10,12-13H2,1H3,(H,20,23). The molecule has 5 heteroatoms. The van der Waals surface area contributed by atoms with Gasteiger partial charge in [-0.2, -0.15) is 0 Å². The molecule has 2 saturated carbocycles. The zero-order valence-corrected chi connectivity index (χ0v) is 15.5. The van der Waals surface area contributed by atoms with Gasteiger partial charge in [-0.05, 0) is 44.4 Å². The van der Waals surface area contributed by atoms with Gasteiger partial charge in [-0.15, -0.1) is 11.3 Å². The number of hydrogen-bond acceptors (Lipinski definition) is 4. The molecule has 1 aromatic rings. The maximum atomic E-state index is 12.4. The van der Waals surface area contributed by atoms with Crippen LogP contribution >= 0.6 is 11.3 Å². The molecule has 0 unspecified atom stereocenters. The first-order valence-electron chi connectivity index (χ1n) is 9.55. The van der Waals surface area contributed by atoms with E-state index in [-0.39, 0.29) is 5.91 Å². The molecule has 0 aromatic carbocycles. The second-order valence-corrected chi connectivity index (χ2v) is 8.86. The summed E-state index contributed by atoms with van der Waals surface area (Å²) >= 11 is 1.70. The smallest absolute Gasteiger partial charge is 0.261 e. The van der Waals surface area contributed by atoms with Crippen molar-refractivity contribution in [2.45, 2.75) is 70.1 Å². The number of carbonyl (C=O) groups is 1. The highest BCUT2D eigenvalue weighted by atomic mass is 32.1. The lowest BCUT2D eigenvalue weighted by molar-refractivity contribution is 0.0948. The number of nitrogens with one attached hydrogen (secondary N) is 1. The molecular weight excluding hydrogens is 318 g/mol. The van der Waals surface area contributed by atoms with Crippen molar-refractivity contribution >= 4 is 17.2 Å². The van der Waals surface area contributed by atoms with Crippen LogP contribution in [0, 0.1) is 0 Å². The van der Waals surface area contributed by atoms with Crippen LogP contribution < -0.4 is 5.32 Å². The molecule has 0 saturated heterocycles. The van der Waals surface area contributed by atoms with Crippen molar-refractivity contribution in [2.75, 3.05) is 20.1 Å². The van der Waals surface area contributed by atoms with Crippen LogP contribution in [0.5, 0.6) is 0 Å². The van der Waals surface area contributed by atoms with Gasteiger partial charge in [-0.25, -0.2) is 0 Å². The Morgan fingerprint density at radius 3 is 2.75 bits per heavy atom. The maximum Gasteiger partial charge on any atom is 0.261 e. The highest BCUT2D eigenvalue weighted by Gasteiger charge is 2.34. The Hall–Kier alpha value is -0.910. The van der Waals surface area contributed by atoms with E-state index in [1.807, 2.05) is 0 Å². The predicted octanol–water partition coefficient (Wildman–Crippen LogP) is 3.22. The van der Waals surface area contributed by atoms with Crippen LogP contribution in [0.25, 0.3) is 0 Å². The number of carbonyl (C=O) groups excluding carboxylic acids is 1. The van der Waals surface area contributed by atoms with Crippen molar-refractivity contribution in [2.24, 2.45) is 0 Å². The molecule has 1 amide bonds. The van der Waals surface area contributed by atoms with Crippen LogP contribution in [-0.4, -0.2) is 47.9 Å². The minimum atomic E-state index is 0.115. The van der Waals surface area contributed by atoms with E-state index in [0.29, 0.717) is 0 Å². The molecule has 0 spiro atoms. The van der Waals surface area contributed by atoms with E-state index in [9.17, 15) is 4.79 Å². The summed E-state index contributed by atoms with van der Waals surface area (Å²) in [6.45, 7) is 3.82. The van der Waals surface area contributed by atoms with Crippen molar-refractivity contribution in [3.63, 3.8) is 0 Å². The number of nitrogens with zero attached hydrogens (tertiary/aromatic N) is 2. The summed E-state index contributed by atoms with van der Waals surface area (Å²) < 4.78 is 0. The Bertz CT molecular complexity index is 566. The fraction of sp³-hybridized carbons (Fsp3) is 0.737. The van der Waals surface area contributed by atoms with Gasteiger partial charge in [0, 0.05) is 43.1 Å². The lowest BCUT2D eigenvalue weighted by Gasteiger charge is -2.31. The van der Waals surface area contributed by atoms with Gasteiger partial charge in [0.25, 0.3) is 5.91 Å². The van der Waals surface area contributed by atoms with Gasteiger partial charge in [0.15, 0.2) is 0 Å². The van der Waals surface area contributed by atoms with E-state index < -0.39 is 0 Å². The van der Waals surface area contributed by atoms with Gasteiger partial charge in [0.2, 0.25) is 0 Å². The predicted molar refractivity (Wildman–Crippen MR) is 98.4 cm³/mol. The molecule has 1 N–H and O–H groups in total. The largest absolute Gasteiger partial charge is 0.350 e. The van der Waals surface area contributed by atoms with Crippen LogP contribution in [0.3, 0.4) is 0 Å². The zero-order chi connectivity index (χ0) is 16.5. The van der Waals surface area contributed by atoms with Gasteiger partial charge >= 0.3 is 0 Å². The first-order valence-corrected chi connectivity index (χ1v) is 10.4. The van der Waals surface area contributed by atoms with E-state index in [1.165, 1.54) is 55.4 Å². The van der Waals surface area contributed by atoms with Crippen LogP contribution in [-0.2, 0) is 13.1 Å². The molecule has 132 valence electrons. The first kappa shape index (κ1) is 16.6. The summed E-state index contributed by atoms with van der Waals surface area (Å²) in [6.07, 6.45) is 9.47. The molecule has 2 heterocycles. The summed E-state index contributed by atoms with van der Waals surface area (Å²) in [6, 6.07) is 3.66. The van der Waals surface area contributed by atoms with Crippen molar-refractivity contribution in [1.29, 1.82) is 0 Å². The molecule has 1 aliphatic heterocycles. The van der Waals surface area contributed by atoms with Crippen LogP contribution in [0.15, 0.2) is 6.07 Å². The number of thiophene rings is 1. The van der Waals surface area contributed by atoms with Crippen molar-refractivity contribution in [3.05, 3.63) is 21.4 Å². The van der Waals surface area contributed by atoms with Crippen molar-refractivity contribution in [1.82, 2.24) is 15.1 Å². The van der Waals surface area contributed by atoms with Crippen LogP contribution in [0.1, 0.15) is 65.1 Å². The molecule has 4 rings (SSSR count). The molecule has 4 nitrogen and oxygen atoms in total. The fourth-order valence-electron chi connectivity index (χ4n) is 4.14. The normalized spacial score (nSPS) is 22.1. The number of fused-ring (bicyclic) bond motifs is 1. The summed E-state index contributed by atoms with van der Waals surface area (Å²) in [5, 5.41) is 3.12.